The van der Waals surface area contributed by atoms with E-state index in [2.05, 4.69) is 78.2 Å². The number of hydrogen-bond donors (Lipinski definition) is 1. The molecule has 0 aliphatic heterocycles. The van der Waals surface area contributed by atoms with E-state index in [1.54, 1.807) is 0 Å². The Morgan fingerprint density at radius 1 is 1.15 bits per heavy atom. The van der Waals surface area contributed by atoms with Gasteiger partial charge in [0, 0.05) is 23.8 Å². The molecule has 1 amide bonds. The Kier molecular flexibility index (Phi) is 7.31. The highest BCUT2D eigenvalue weighted by atomic mass is 79.9. The third-order valence-electron chi connectivity index (χ3n) is 4.31. The van der Waals surface area contributed by atoms with E-state index in [9.17, 15) is 4.79 Å². The van der Waals surface area contributed by atoms with Gasteiger partial charge in [-0.15, -0.1) is 0 Å². The van der Waals surface area contributed by atoms with Crippen molar-refractivity contribution < 1.29 is 9.53 Å². The molecular weight excluding hydrogens is 404 g/mol. The Morgan fingerprint density at radius 3 is 2.37 bits per heavy atom. The van der Waals surface area contributed by atoms with Gasteiger partial charge in [0.05, 0.1) is 12.3 Å². The number of rotatable bonds is 6. The van der Waals surface area contributed by atoms with Crippen LogP contribution in [-0.2, 0) is 16.7 Å². The van der Waals surface area contributed by atoms with Gasteiger partial charge in [-0.05, 0) is 57.1 Å². The van der Waals surface area contributed by atoms with Crippen molar-refractivity contribution in [3.8, 4) is 0 Å². The lowest BCUT2D eigenvalue weighted by Crippen LogP contribution is -2.18. The van der Waals surface area contributed by atoms with Gasteiger partial charge in [-0.3, -0.25) is 5.32 Å². The maximum Gasteiger partial charge on any atom is 0.411 e. The van der Waals surface area contributed by atoms with Gasteiger partial charge in [0.2, 0.25) is 0 Å². The fourth-order valence-electron chi connectivity index (χ4n) is 2.66. The molecule has 0 fully saturated rings. The smallest absolute Gasteiger partial charge is 0.411 e. The minimum atomic E-state index is -0.433. The van der Waals surface area contributed by atoms with Gasteiger partial charge in [0.15, 0.2) is 0 Å². The molecule has 2 rings (SSSR count). The second kappa shape index (κ2) is 9.27. The standard InChI is InChI=1S/C22H29BrN2O2/c1-6-13-27-21(26)24-20-12-11-18(14-19(20)23)25(5)15-16-7-9-17(10-8-16)22(2,3)4/h7-12,14H,6,13,15H2,1-5H3,(H,24,26). The van der Waals surface area contributed by atoms with Crippen LogP contribution in [0.5, 0.6) is 0 Å². The van der Waals surface area contributed by atoms with Gasteiger partial charge < -0.3 is 9.64 Å². The van der Waals surface area contributed by atoms with E-state index in [-0.39, 0.29) is 5.41 Å². The maximum atomic E-state index is 11.7. The molecule has 4 nitrogen and oxygen atoms in total. The topological polar surface area (TPSA) is 41.6 Å². The van der Waals surface area contributed by atoms with Crippen molar-refractivity contribution in [2.45, 2.75) is 46.1 Å². The van der Waals surface area contributed by atoms with Crippen molar-refractivity contribution in [2.75, 3.05) is 23.9 Å². The fraction of sp³-hybridized carbons (Fsp3) is 0.409. The number of anilines is 2. The van der Waals surface area contributed by atoms with E-state index in [1.165, 1.54) is 11.1 Å². The summed E-state index contributed by atoms with van der Waals surface area (Å²) in [7, 11) is 2.06. The Bertz CT molecular complexity index is 767. The van der Waals surface area contributed by atoms with E-state index in [1.807, 2.05) is 25.1 Å². The molecule has 0 saturated carbocycles. The van der Waals surface area contributed by atoms with Gasteiger partial charge in [-0.1, -0.05) is 52.0 Å². The normalized spacial score (nSPS) is 11.2. The van der Waals surface area contributed by atoms with Gasteiger partial charge >= 0.3 is 6.09 Å². The van der Waals surface area contributed by atoms with Crippen LogP contribution in [0, 0.1) is 0 Å². The van der Waals surface area contributed by atoms with Crippen LogP contribution in [0.15, 0.2) is 46.9 Å². The highest BCUT2D eigenvalue weighted by Crippen LogP contribution is 2.29. The number of halogens is 1. The Labute approximate surface area is 171 Å². The predicted octanol–water partition coefficient (Wildman–Crippen LogP) is 6.34. The highest BCUT2D eigenvalue weighted by molar-refractivity contribution is 9.10. The first-order valence-electron chi connectivity index (χ1n) is 9.24. The summed E-state index contributed by atoms with van der Waals surface area (Å²) in [6.07, 6.45) is 0.368. The maximum absolute atomic E-state index is 11.7. The molecule has 0 unspecified atom stereocenters. The van der Waals surface area contributed by atoms with Crippen LogP contribution in [0.2, 0.25) is 0 Å². The largest absolute Gasteiger partial charge is 0.449 e. The molecule has 2 aromatic carbocycles. The molecule has 0 spiro atoms. The van der Waals surface area contributed by atoms with Gasteiger partial charge in [0.1, 0.15) is 0 Å². The molecular formula is C22H29BrN2O2. The fourth-order valence-corrected chi connectivity index (χ4v) is 3.12. The summed E-state index contributed by atoms with van der Waals surface area (Å²) in [6, 6.07) is 14.6. The van der Waals surface area contributed by atoms with E-state index in [0.717, 1.165) is 23.1 Å². The lowest BCUT2D eigenvalue weighted by atomic mass is 9.87. The van der Waals surface area contributed by atoms with Gasteiger partial charge in [0.25, 0.3) is 0 Å². The minimum Gasteiger partial charge on any atom is -0.449 e. The highest BCUT2D eigenvalue weighted by Gasteiger charge is 2.13. The number of nitrogens with one attached hydrogen (secondary N) is 1. The second-order valence-electron chi connectivity index (χ2n) is 7.73. The number of benzene rings is 2. The third-order valence-corrected chi connectivity index (χ3v) is 4.96. The van der Waals surface area contributed by atoms with Crippen molar-refractivity contribution in [3.05, 3.63) is 58.1 Å². The van der Waals surface area contributed by atoms with Crippen LogP contribution in [0.1, 0.15) is 45.2 Å². The van der Waals surface area contributed by atoms with Crippen LogP contribution in [-0.4, -0.2) is 19.7 Å². The van der Waals surface area contributed by atoms with Crippen molar-refractivity contribution in [1.82, 2.24) is 0 Å². The third kappa shape index (κ3) is 6.28. The first-order valence-corrected chi connectivity index (χ1v) is 10.0. The number of hydrogen-bond acceptors (Lipinski definition) is 3. The number of amides is 1. The average molecular weight is 433 g/mol. The van der Waals surface area contributed by atoms with E-state index in [0.29, 0.717) is 12.3 Å². The first kappa shape index (κ1) is 21.3. The molecule has 0 aromatic heterocycles. The van der Waals surface area contributed by atoms with Crippen LogP contribution in [0.4, 0.5) is 16.2 Å². The number of carbonyl (C=O) groups excluding carboxylic acids is 1. The number of carbonyl (C=O) groups is 1. The molecule has 0 radical (unpaired) electrons. The van der Waals surface area contributed by atoms with E-state index < -0.39 is 6.09 Å². The van der Waals surface area contributed by atoms with Crippen LogP contribution in [0.25, 0.3) is 0 Å². The SMILES string of the molecule is CCCOC(=O)Nc1ccc(N(C)Cc2ccc(C(C)(C)C)cc2)cc1Br. The Balaban J connectivity index is 2.03. The van der Waals surface area contributed by atoms with Crippen LogP contribution < -0.4 is 10.2 Å². The second-order valence-corrected chi connectivity index (χ2v) is 8.58. The first-order chi connectivity index (χ1) is 12.7. The van der Waals surface area contributed by atoms with Crippen molar-refractivity contribution in [3.63, 3.8) is 0 Å². The zero-order valence-electron chi connectivity index (χ0n) is 16.8. The predicted molar refractivity (Wildman–Crippen MR) is 117 cm³/mol. The Morgan fingerprint density at radius 2 is 1.81 bits per heavy atom. The van der Waals surface area contributed by atoms with Crippen LogP contribution >= 0.6 is 15.9 Å². The molecule has 1 N–H and O–H groups in total. The molecule has 0 saturated heterocycles. The molecule has 0 bridgehead atoms. The number of ether oxygens (including phenoxy) is 1. The molecule has 5 heteroatoms. The summed E-state index contributed by atoms with van der Waals surface area (Å²) in [5.74, 6) is 0. The summed E-state index contributed by atoms with van der Waals surface area (Å²) in [6.45, 7) is 9.85. The summed E-state index contributed by atoms with van der Waals surface area (Å²) < 4.78 is 5.88. The van der Waals surface area contributed by atoms with E-state index in [4.69, 9.17) is 4.74 Å². The molecule has 0 heterocycles. The van der Waals surface area contributed by atoms with Crippen LogP contribution in [0.3, 0.4) is 0 Å². The van der Waals surface area contributed by atoms with Gasteiger partial charge in [-0.25, -0.2) is 4.79 Å². The average Bonchev–Trinajstić information content (AvgIpc) is 2.61. The molecule has 0 atom stereocenters. The van der Waals surface area contributed by atoms with Crippen molar-refractivity contribution >= 4 is 33.4 Å². The quantitative estimate of drug-likeness (QED) is 0.578. The molecule has 146 valence electrons. The van der Waals surface area contributed by atoms with Crippen molar-refractivity contribution in [2.24, 2.45) is 0 Å². The lowest BCUT2D eigenvalue weighted by molar-refractivity contribution is 0.161. The molecule has 27 heavy (non-hydrogen) atoms. The monoisotopic (exact) mass is 432 g/mol. The summed E-state index contributed by atoms with van der Waals surface area (Å²) in [5, 5.41) is 2.75. The molecule has 2 aromatic rings. The molecule has 0 aliphatic rings. The number of nitrogens with zero attached hydrogens (tertiary/aromatic N) is 1. The molecule has 0 aliphatic carbocycles. The zero-order valence-corrected chi connectivity index (χ0v) is 18.4. The lowest BCUT2D eigenvalue weighted by Gasteiger charge is -2.22. The summed E-state index contributed by atoms with van der Waals surface area (Å²) >= 11 is 3.53. The van der Waals surface area contributed by atoms with Gasteiger partial charge in [-0.2, -0.15) is 0 Å². The van der Waals surface area contributed by atoms with E-state index >= 15 is 0 Å². The minimum absolute atomic E-state index is 0.163. The zero-order chi connectivity index (χ0) is 20.0. The Hall–Kier alpha value is -2.01. The summed E-state index contributed by atoms with van der Waals surface area (Å²) in [5.41, 5.74) is 4.52. The summed E-state index contributed by atoms with van der Waals surface area (Å²) in [4.78, 5) is 13.9. The van der Waals surface area contributed by atoms with Crippen molar-refractivity contribution in [1.29, 1.82) is 0 Å².